The molecule has 0 saturated heterocycles. The van der Waals surface area contributed by atoms with Crippen molar-refractivity contribution in [1.82, 2.24) is 14.6 Å². The maximum absolute atomic E-state index is 6.41. The van der Waals surface area contributed by atoms with Crippen LogP contribution in [0, 0.1) is 5.92 Å². The van der Waals surface area contributed by atoms with E-state index in [-0.39, 0.29) is 0 Å². The highest BCUT2D eigenvalue weighted by Crippen LogP contribution is 2.33. The SMILES string of the molecule is CCC(C)c1c(Cl)nc2ccnn2c1N[C@@H](C)C(C)C. The molecule has 5 heteroatoms. The Balaban J connectivity index is 2.59. The lowest BCUT2D eigenvalue weighted by Gasteiger charge is -2.24. The van der Waals surface area contributed by atoms with Crippen molar-refractivity contribution in [3.63, 3.8) is 0 Å². The summed E-state index contributed by atoms with van der Waals surface area (Å²) >= 11 is 6.41. The first-order valence-corrected chi connectivity index (χ1v) is 7.63. The van der Waals surface area contributed by atoms with E-state index < -0.39 is 0 Å². The van der Waals surface area contributed by atoms with Crippen molar-refractivity contribution in [2.75, 3.05) is 5.32 Å². The van der Waals surface area contributed by atoms with E-state index in [2.05, 4.69) is 50.0 Å². The van der Waals surface area contributed by atoms with Gasteiger partial charge in [-0.25, -0.2) is 4.98 Å². The van der Waals surface area contributed by atoms with Crippen LogP contribution in [-0.2, 0) is 0 Å². The van der Waals surface area contributed by atoms with Gasteiger partial charge in [0.1, 0.15) is 11.0 Å². The van der Waals surface area contributed by atoms with Crippen LogP contribution in [0.5, 0.6) is 0 Å². The van der Waals surface area contributed by atoms with Gasteiger partial charge in [0.15, 0.2) is 5.65 Å². The van der Waals surface area contributed by atoms with Gasteiger partial charge in [-0.1, -0.05) is 39.3 Å². The summed E-state index contributed by atoms with van der Waals surface area (Å²) in [5, 5.41) is 8.53. The zero-order valence-electron chi connectivity index (χ0n) is 12.8. The Morgan fingerprint density at radius 3 is 2.60 bits per heavy atom. The quantitative estimate of drug-likeness (QED) is 0.834. The molecule has 0 aromatic carbocycles. The normalized spacial score (nSPS) is 14.8. The summed E-state index contributed by atoms with van der Waals surface area (Å²) in [6, 6.07) is 2.21. The Morgan fingerprint density at radius 2 is 2.00 bits per heavy atom. The van der Waals surface area contributed by atoms with Crippen molar-refractivity contribution in [1.29, 1.82) is 0 Å². The van der Waals surface area contributed by atoms with E-state index in [1.165, 1.54) is 0 Å². The van der Waals surface area contributed by atoms with Crippen LogP contribution in [0.1, 0.15) is 52.5 Å². The number of nitrogens with one attached hydrogen (secondary N) is 1. The Kier molecular flexibility index (Phi) is 4.53. The van der Waals surface area contributed by atoms with E-state index in [1.54, 1.807) is 6.20 Å². The van der Waals surface area contributed by atoms with E-state index in [0.717, 1.165) is 23.4 Å². The molecule has 2 heterocycles. The summed E-state index contributed by atoms with van der Waals surface area (Å²) in [6.07, 6.45) is 2.77. The number of rotatable bonds is 5. The molecule has 2 atom stereocenters. The standard InChI is InChI=1S/C15H23ClN4/c1-6-10(4)13-14(16)19-12-7-8-17-20(12)15(13)18-11(5)9(2)3/h7-11,18H,6H2,1-5H3/t10?,11-/m0/s1. The van der Waals surface area contributed by atoms with Gasteiger partial charge in [-0.2, -0.15) is 9.61 Å². The summed E-state index contributed by atoms with van der Waals surface area (Å²) in [6.45, 7) is 10.9. The number of halogens is 1. The van der Waals surface area contributed by atoms with Crippen molar-refractivity contribution in [2.45, 2.75) is 53.0 Å². The number of hydrogen-bond acceptors (Lipinski definition) is 3. The van der Waals surface area contributed by atoms with E-state index in [1.807, 2.05) is 10.6 Å². The minimum absolute atomic E-state index is 0.337. The zero-order chi connectivity index (χ0) is 14.9. The highest BCUT2D eigenvalue weighted by molar-refractivity contribution is 6.30. The van der Waals surface area contributed by atoms with Gasteiger partial charge in [0, 0.05) is 17.7 Å². The largest absolute Gasteiger partial charge is 0.367 e. The van der Waals surface area contributed by atoms with Gasteiger partial charge in [0.25, 0.3) is 0 Å². The van der Waals surface area contributed by atoms with Gasteiger partial charge >= 0.3 is 0 Å². The second kappa shape index (κ2) is 6.00. The van der Waals surface area contributed by atoms with E-state index in [4.69, 9.17) is 11.6 Å². The molecular formula is C15H23ClN4. The molecule has 2 aromatic rings. The molecule has 0 aliphatic carbocycles. The first-order valence-electron chi connectivity index (χ1n) is 7.25. The topological polar surface area (TPSA) is 42.2 Å². The van der Waals surface area contributed by atoms with Crippen LogP contribution in [0.15, 0.2) is 12.3 Å². The number of fused-ring (bicyclic) bond motifs is 1. The maximum Gasteiger partial charge on any atom is 0.159 e. The molecule has 2 rings (SSSR count). The van der Waals surface area contributed by atoms with Crippen LogP contribution in [0.4, 0.5) is 5.82 Å². The summed E-state index contributed by atoms with van der Waals surface area (Å²) < 4.78 is 1.85. The molecular weight excluding hydrogens is 272 g/mol. The summed E-state index contributed by atoms with van der Waals surface area (Å²) in [7, 11) is 0. The molecule has 0 fully saturated rings. The van der Waals surface area contributed by atoms with Gasteiger partial charge in [-0.15, -0.1) is 0 Å². The molecule has 0 aliphatic rings. The van der Waals surface area contributed by atoms with Crippen LogP contribution < -0.4 is 5.32 Å². The van der Waals surface area contributed by atoms with Gasteiger partial charge < -0.3 is 5.32 Å². The minimum Gasteiger partial charge on any atom is -0.367 e. The summed E-state index contributed by atoms with van der Waals surface area (Å²) in [5.41, 5.74) is 1.83. The molecule has 1 N–H and O–H groups in total. The molecule has 110 valence electrons. The molecule has 0 saturated carbocycles. The Hall–Kier alpha value is -1.29. The second-order valence-electron chi connectivity index (χ2n) is 5.75. The highest BCUT2D eigenvalue weighted by Gasteiger charge is 2.21. The molecule has 0 aliphatic heterocycles. The number of hydrogen-bond donors (Lipinski definition) is 1. The van der Waals surface area contributed by atoms with E-state index >= 15 is 0 Å². The van der Waals surface area contributed by atoms with Crippen molar-refractivity contribution in [3.8, 4) is 0 Å². The van der Waals surface area contributed by atoms with Crippen molar-refractivity contribution < 1.29 is 0 Å². The van der Waals surface area contributed by atoms with Gasteiger partial charge in [-0.3, -0.25) is 0 Å². The number of anilines is 1. The lowest BCUT2D eigenvalue weighted by atomic mass is 9.99. The lowest BCUT2D eigenvalue weighted by molar-refractivity contribution is 0.554. The molecule has 0 spiro atoms. The third kappa shape index (κ3) is 2.75. The summed E-state index contributed by atoms with van der Waals surface area (Å²) in [4.78, 5) is 4.44. The summed E-state index contributed by atoms with van der Waals surface area (Å²) in [5.74, 6) is 1.84. The molecule has 0 bridgehead atoms. The molecule has 0 amide bonds. The van der Waals surface area contributed by atoms with Crippen molar-refractivity contribution in [3.05, 3.63) is 23.0 Å². The smallest absolute Gasteiger partial charge is 0.159 e. The average molecular weight is 295 g/mol. The van der Waals surface area contributed by atoms with Crippen LogP contribution in [-0.4, -0.2) is 20.6 Å². The minimum atomic E-state index is 0.337. The lowest BCUT2D eigenvalue weighted by Crippen LogP contribution is -2.25. The van der Waals surface area contributed by atoms with Gasteiger partial charge in [0.05, 0.1) is 6.20 Å². The third-order valence-corrected chi connectivity index (χ3v) is 4.28. The van der Waals surface area contributed by atoms with Crippen LogP contribution in [0.2, 0.25) is 5.15 Å². The fraction of sp³-hybridized carbons (Fsp3) is 0.600. The Bertz CT molecular complexity index is 591. The zero-order valence-corrected chi connectivity index (χ0v) is 13.6. The van der Waals surface area contributed by atoms with Crippen LogP contribution in [0.3, 0.4) is 0 Å². The first-order chi connectivity index (χ1) is 9.45. The predicted octanol–water partition coefficient (Wildman–Crippen LogP) is 4.35. The fourth-order valence-electron chi connectivity index (χ4n) is 2.09. The van der Waals surface area contributed by atoms with Crippen LogP contribution >= 0.6 is 11.6 Å². The molecule has 2 aromatic heterocycles. The molecule has 1 unspecified atom stereocenters. The van der Waals surface area contributed by atoms with E-state index in [9.17, 15) is 0 Å². The molecule has 0 radical (unpaired) electrons. The predicted molar refractivity (Wildman–Crippen MR) is 84.6 cm³/mol. The highest BCUT2D eigenvalue weighted by atomic mass is 35.5. The first kappa shape index (κ1) is 15.1. The van der Waals surface area contributed by atoms with Crippen molar-refractivity contribution >= 4 is 23.1 Å². The number of aromatic nitrogens is 3. The van der Waals surface area contributed by atoms with Crippen LogP contribution in [0.25, 0.3) is 5.65 Å². The van der Waals surface area contributed by atoms with Gasteiger partial charge in [-0.05, 0) is 25.2 Å². The fourth-order valence-corrected chi connectivity index (χ4v) is 2.45. The molecule has 20 heavy (non-hydrogen) atoms. The third-order valence-electron chi connectivity index (χ3n) is 3.99. The van der Waals surface area contributed by atoms with Gasteiger partial charge in [0.2, 0.25) is 0 Å². The average Bonchev–Trinajstić information content (AvgIpc) is 2.85. The Labute approximate surface area is 125 Å². The van der Waals surface area contributed by atoms with Crippen molar-refractivity contribution in [2.24, 2.45) is 5.92 Å². The number of nitrogens with zero attached hydrogens (tertiary/aromatic N) is 3. The second-order valence-corrected chi connectivity index (χ2v) is 6.11. The Morgan fingerprint density at radius 1 is 1.30 bits per heavy atom. The maximum atomic E-state index is 6.41. The molecule has 4 nitrogen and oxygen atoms in total. The monoisotopic (exact) mass is 294 g/mol. The van der Waals surface area contributed by atoms with E-state index in [0.29, 0.717) is 23.0 Å².